The van der Waals surface area contributed by atoms with E-state index in [2.05, 4.69) is 57.0 Å². The highest BCUT2D eigenvalue weighted by molar-refractivity contribution is 14.2. The highest BCUT2D eigenvalue weighted by Gasteiger charge is 2.32. The highest BCUT2D eigenvalue weighted by Crippen LogP contribution is 2.30. The molecule has 2 unspecified atom stereocenters. The summed E-state index contributed by atoms with van der Waals surface area (Å²) in [4.78, 5) is 28.0. The molecule has 0 radical (unpaired) electrons. The molecule has 2 aliphatic heterocycles. The lowest BCUT2D eigenvalue weighted by Gasteiger charge is -2.28. The Labute approximate surface area is 169 Å². The Kier molecular flexibility index (Phi) is 7.86. The van der Waals surface area contributed by atoms with E-state index in [0.717, 1.165) is 38.9 Å². The fraction of sp³-hybridized carbons (Fsp3) is 0.667. The van der Waals surface area contributed by atoms with E-state index < -0.39 is 0 Å². The van der Waals surface area contributed by atoms with Crippen LogP contribution in [-0.4, -0.2) is 57.2 Å². The number of halogens is 3. The molecule has 2 heterocycles. The summed E-state index contributed by atoms with van der Waals surface area (Å²) < 4.78 is 3.34. The third-order valence-corrected chi connectivity index (χ3v) is 8.99. The van der Waals surface area contributed by atoms with Crippen molar-refractivity contribution in [1.82, 2.24) is 9.80 Å². The Morgan fingerprint density at radius 1 is 1.27 bits per heavy atom. The van der Waals surface area contributed by atoms with Crippen molar-refractivity contribution in [3.8, 4) is 11.8 Å². The molecule has 0 aromatic rings. The van der Waals surface area contributed by atoms with Crippen molar-refractivity contribution >= 4 is 81.7 Å². The van der Waals surface area contributed by atoms with Crippen LogP contribution in [0.1, 0.15) is 26.2 Å². The van der Waals surface area contributed by atoms with E-state index in [1.807, 2.05) is 13.8 Å². The average Bonchev–Trinajstić information content (AvgIpc) is 2.87. The van der Waals surface area contributed by atoms with E-state index >= 15 is 0 Å². The van der Waals surface area contributed by atoms with Gasteiger partial charge in [-0.1, -0.05) is 51.1 Å². The number of carbonyl (C=O) groups is 2. The van der Waals surface area contributed by atoms with Crippen molar-refractivity contribution in [2.45, 2.75) is 38.1 Å². The van der Waals surface area contributed by atoms with E-state index in [0.29, 0.717) is 7.85 Å². The number of amides is 2. The van der Waals surface area contributed by atoms with Gasteiger partial charge in [-0.3, -0.25) is 9.59 Å². The average molecular weight is 640 g/mol. The molecule has 0 spiro atoms. The largest absolute Gasteiger partial charge is 0.339 e. The number of rotatable bonds is 2. The standard InChI is InChI=1S/C15H19I3N2O2/c1-2-3-14(21)20-10-12(8-13(20)17)18-9-15(22)19-6-4-11(16)5-7-19/h9,11-13H,4-8,10H2,1H3. The lowest BCUT2D eigenvalue weighted by molar-refractivity contribution is -0.125. The molecule has 2 fully saturated rings. The van der Waals surface area contributed by atoms with Crippen LogP contribution in [-0.2, 0) is 9.59 Å². The molecule has 22 heavy (non-hydrogen) atoms. The second-order valence-electron chi connectivity index (χ2n) is 5.33. The Bertz CT molecular complexity index is 519. The van der Waals surface area contributed by atoms with Crippen molar-refractivity contribution in [3.63, 3.8) is 0 Å². The molecule has 0 saturated carbocycles. The van der Waals surface area contributed by atoms with Gasteiger partial charge in [-0.2, -0.15) is 0 Å². The van der Waals surface area contributed by atoms with Gasteiger partial charge in [0.2, 0.25) is 0 Å². The van der Waals surface area contributed by atoms with Gasteiger partial charge in [-0.15, -0.1) is 20.7 Å². The molecule has 0 aromatic heterocycles. The Hall–Kier alpha value is 0.560. The zero-order valence-electron chi connectivity index (χ0n) is 12.4. The summed E-state index contributed by atoms with van der Waals surface area (Å²) in [5.41, 5.74) is 0. The topological polar surface area (TPSA) is 40.6 Å². The summed E-state index contributed by atoms with van der Waals surface area (Å²) in [6.07, 6.45) is 3.20. The van der Waals surface area contributed by atoms with Gasteiger partial charge < -0.3 is 9.80 Å². The van der Waals surface area contributed by atoms with Gasteiger partial charge in [0.15, 0.2) is 0 Å². The fourth-order valence-corrected chi connectivity index (χ4v) is 7.76. The first-order valence-corrected chi connectivity index (χ1v) is 12.2. The zero-order chi connectivity index (χ0) is 16.1. The van der Waals surface area contributed by atoms with Crippen LogP contribution in [0, 0.1) is 11.8 Å². The van der Waals surface area contributed by atoms with Gasteiger partial charge in [0.05, 0.1) is 4.05 Å². The van der Waals surface area contributed by atoms with Gasteiger partial charge in [-0.25, -0.2) is 0 Å². The predicted octanol–water partition coefficient (Wildman–Crippen LogP) is 2.57. The summed E-state index contributed by atoms with van der Waals surface area (Å²) in [7, 11) is 0. The molecule has 7 heteroatoms. The second-order valence-corrected chi connectivity index (χ2v) is 11.6. The predicted molar refractivity (Wildman–Crippen MR) is 115 cm³/mol. The molecule has 2 saturated heterocycles. The molecule has 0 N–H and O–H groups in total. The van der Waals surface area contributed by atoms with Crippen molar-refractivity contribution in [2.24, 2.45) is 0 Å². The van der Waals surface area contributed by atoms with E-state index in [1.165, 1.54) is 0 Å². The molecule has 2 amide bonds. The summed E-state index contributed by atoms with van der Waals surface area (Å²) in [5, 5.41) is 0. The van der Waals surface area contributed by atoms with E-state index in [-0.39, 0.29) is 36.6 Å². The van der Waals surface area contributed by atoms with Crippen molar-refractivity contribution in [2.75, 3.05) is 19.6 Å². The van der Waals surface area contributed by atoms with Gasteiger partial charge in [0, 0.05) is 31.5 Å². The third kappa shape index (κ3) is 5.29. The van der Waals surface area contributed by atoms with Crippen LogP contribution < -0.4 is 0 Å². The normalized spacial score (nSPS) is 26.5. The number of carbonyl (C=O) groups excluding carboxylic acids is 2. The number of hydrogen-bond acceptors (Lipinski definition) is 2. The van der Waals surface area contributed by atoms with Crippen LogP contribution in [0.3, 0.4) is 0 Å². The minimum Gasteiger partial charge on any atom is -0.339 e. The number of piperidine rings is 1. The molecule has 0 bridgehead atoms. The van der Waals surface area contributed by atoms with Crippen LogP contribution in [0.4, 0.5) is 0 Å². The molecule has 122 valence electrons. The van der Waals surface area contributed by atoms with Crippen LogP contribution in [0.2, 0.25) is 0 Å². The molecule has 2 aliphatic rings. The number of hydrogen-bond donors (Lipinski definition) is 0. The fourth-order valence-electron chi connectivity index (χ4n) is 2.50. The SMILES string of the molecule is CC#CC(=O)N1CC(I=CC(=O)N2CCC(I)CC2)CC1I. The maximum Gasteiger partial charge on any atom is 0.299 e. The lowest BCUT2D eigenvalue weighted by atomic mass is 10.1. The maximum absolute atomic E-state index is 12.3. The van der Waals surface area contributed by atoms with E-state index in [9.17, 15) is 9.59 Å². The summed E-state index contributed by atoms with van der Waals surface area (Å²) >= 11 is 4.47. The third-order valence-electron chi connectivity index (χ3n) is 3.75. The van der Waals surface area contributed by atoms with E-state index in [4.69, 9.17) is 0 Å². The highest BCUT2D eigenvalue weighted by atomic mass is 127. The molecular weight excluding hydrogens is 621 g/mol. The first kappa shape index (κ1) is 18.9. The molecule has 2 atom stereocenters. The van der Waals surface area contributed by atoms with Crippen LogP contribution in [0.25, 0.3) is 0 Å². The van der Waals surface area contributed by atoms with Crippen LogP contribution in [0.5, 0.6) is 0 Å². The number of likely N-dealkylation sites (tertiary alicyclic amines) is 2. The Balaban J connectivity index is 1.87. The van der Waals surface area contributed by atoms with Crippen molar-refractivity contribution in [3.05, 3.63) is 0 Å². The van der Waals surface area contributed by atoms with Gasteiger partial charge in [0.1, 0.15) is 0 Å². The Morgan fingerprint density at radius 3 is 2.59 bits per heavy atom. The first-order chi connectivity index (χ1) is 10.5. The van der Waals surface area contributed by atoms with Crippen molar-refractivity contribution in [1.29, 1.82) is 0 Å². The smallest absolute Gasteiger partial charge is 0.299 e. The Morgan fingerprint density at radius 2 is 1.95 bits per heavy atom. The maximum atomic E-state index is 12.3. The molecule has 4 nitrogen and oxygen atoms in total. The molecule has 0 aromatic carbocycles. The number of nitrogens with zero attached hydrogens (tertiary/aromatic N) is 2. The summed E-state index contributed by atoms with van der Waals surface area (Å²) in [6.45, 7) is 4.23. The monoisotopic (exact) mass is 640 g/mol. The summed E-state index contributed by atoms with van der Waals surface area (Å²) in [5.74, 6) is 5.42. The quantitative estimate of drug-likeness (QED) is 0.202. The lowest BCUT2D eigenvalue weighted by Crippen LogP contribution is -2.39. The zero-order valence-corrected chi connectivity index (χ0v) is 18.9. The summed E-state index contributed by atoms with van der Waals surface area (Å²) in [6, 6.07) is 0. The van der Waals surface area contributed by atoms with E-state index in [1.54, 1.807) is 6.92 Å². The van der Waals surface area contributed by atoms with Gasteiger partial charge in [0.25, 0.3) is 11.8 Å². The van der Waals surface area contributed by atoms with Crippen LogP contribution >= 0.6 is 65.9 Å². The minimum absolute atomic E-state index is 0.0798. The second kappa shape index (κ2) is 9.15. The molecular formula is C15H19I3N2O2. The van der Waals surface area contributed by atoms with Gasteiger partial charge in [-0.05, 0) is 32.1 Å². The molecule has 2 rings (SSSR count). The first-order valence-electron chi connectivity index (χ1n) is 7.27. The number of alkyl halides is 3. The van der Waals surface area contributed by atoms with Crippen molar-refractivity contribution < 1.29 is 9.59 Å². The van der Waals surface area contributed by atoms with Crippen LogP contribution in [0.15, 0.2) is 0 Å². The van der Waals surface area contributed by atoms with Gasteiger partial charge >= 0.3 is 0 Å². The minimum atomic E-state index is -0.312. The molecule has 0 aliphatic carbocycles.